The molecule has 0 bridgehead atoms. The van der Waals surface area contributed by atoms with Gasteiger partial charge >= 0.3 is 0 Å². The molecule has 0 aromatic carbocycles. The minimum absolute atomic E-state index is 0.000710. The third-order valence-corrected chi connectivity index (χ3v) is 3.11. The van der Waals surface area contributed by atoms with Crippen LogP contribution in [-0.4, -0.2) is 81.8 Å². The normalized spacial score (nSPS) is 48.8. The molecule has 2 rings (SSSR count). The van der Waals surface area contributed by atoms with Gasteiger partial charge in [0.25, 0.3) is 0 Å². The van der Waals surface area contributed by atoms with E-state index in [-0.39, 0.29) is 13.0 Å². The summed E-state index contributed by atoms with van der Waals surface area (Å²) in [5.41, 5.74) is 0. The van der Waals surface area contributed by atoms with E-state index in [1.165, 1.54) is 0 Å². The Labute approximate surface area is 103 Å². The first-order valence-corrected chi connectivity index (χ1v) is 5.78. The van der Waals surface area contributed by atoms with Crippen LogP contribution in [0.4, 0.5) is 0 Å². The molecule has 2 saturated heterocycles. The standard InChI is InChI=1S/C10H18O8/c11-2-6-7(13)8(14)10(18-6)16-3-4-1-5(12)9(15)17-4/h4-15H,1-3H2/t4-,5?,6+,7-,8?,9-,10-/m0/s1. The van der Waals surface area contributed by atoms with E-state index in [2.05, 4.69) is 0 Å². The molecule has 106 valence electrons. The van der Waals surface area contributed by atoms with Crippen molar-refractivity contribution in [3.63, 3.8) is 0 Å². The van der Waals surface area contributed by atoms with Crippen LogP contribution in [0.3, 0.4) is 0 Å². The molecule has 2 unspecified atom stereocenters. The highest BCUT2D eigenvalue weighted by atomic mass is 16.7. The summed E-state index contributed by atoms with van der Waals surface area (Å²) in [5.74, 6) is 0. The number of aliphatic hydroxyl groups excluding tert-OH is 5. The van der Waals surface area contributed by atoms with E-state index in [0.29, 0.717) is 0 Å². The Morgan fingerprint density at radius 1 is 1.06 bits per heavy atom. The van der Waals surface area contributed by atoms with Crippen LogP contribution in [0.2, 0.25) is 0 Å². The van der Waals surface area contributed by atoms with Crippen LogP contribution < -0.4 is 0 Å². The van der Waals surface area contributed by atoms with Gasteiger partial charge in [-0.1, -0.05) is 0 Å². The molecule has 18 heavy (non-hydrogen) atoms. The molecule has 0 aliphatic carbocycles. The van der Waals surface area contributed by atoms with Crippen LogP contribution in [0.25, 0.3) is 0 Å². The van der Waals surface area contributed by atoms with Gasteiger partial charge in [0, 0.05) is 6.42 Å². The monoisotopic (exact) mass is 266 g/mol. The topological polar surface area (TPSA) is 129 Å². The molecular weight excluding hydrogens is 248 g/mol. The van der Waals surface area contributed by atoms with Crippen LogP contribution >= 0.6 is 0 Å². The SMILES string of the molecule is OC[C@H]1O[C@H](OC[C@@H]2CC(O)[C@@H](O)O2)C(O)[C@H]1O. The fourth-order valence-electron chi connectivity index (χ4n) is 2.04. The Hall–Kier alpha value is -0.320. The van der Waals surface area contributed by atoms with Gasteiger partial charge < -0.3 is 39.7 Å². The Bertz CT molecular complexity index is 265. The molecule has 0 spiro atoms. The van der Waals surface area contributed by atoms with Crippen molar-refractivity contribution in [1.82, 2.24) is 0 Å². The molecule has 0 amide bonds. The maximum atomic E-state index is 9.59. The van der Waals surface area contributed by atoms with E-state index < -0.39 is 49.7 Å². The van der Waals surface area contributed by atoms with E-state index in [1.54, 1.807) is 0 Å². The van der Waals surface area contributed by atoms with Crippen LogP contribution in [0.1, 0.15) is 6.42 Å². The molecule has 2 aliphatic rings. The highest BCUT2D eigenvalue weighted by Crippen LogP contribution is 2.24. The van der Waals surface area contributed by atoms with Crippen LogP contribution in [0, 0.1) is 0 Å². The van der Waals surface area contributed by atoms with Gasteiger partial charge in [-0.15, -0.1) is 0 Å². The molecule has 0 saturated carbocycles. The minimum atomic E-state index is -1.25. The van der Waals surface area contributed by atoms with Gasteiger partial charge in [-0.3, -0.25) is 0 Å². The lowest BCUT2D eigenvalue weighted by Crippen LogP contribution is -2.35. The van der Waals surface area contributed by atoms with Gasteiger partial charge in [-0.05, 0) is 0 Å². The zero-order valence-electron chi connectivity index (χ0n) is 9.62. The van der Waals surface area contributed by atoms with Gasteiger partial charge in [0.15, 0.2) is 12.6 Å². The average Bonchev–Trinajstić information content (AvgIpc) is 2.80. The second-order valence-electron chi connectivity index (χ2n) is 4.49. The third kappa shape index (κ3) is 2.81. The lowest BCUT2D eigenvalue weighted by Gasteiger charge is -2.18. The van der Waals surface area contributed by atoms with E-state index in [1.807, 2.05) is 0 Å². The summed E-state index contributed by atoms with van der Waals surface area (Å²) in [6, 6.07) is 0. The zero-order chi connectivity index (χ0) is 13.3. The highest BCUT2D eigenvalue weighted by molar-refractivity contribution is 4.86. The first kappa shape index (κ1) is 14.1. The van der Waals surface area contributed by atoms with Crippen LogP contribution in [0.5, 0.6) is 0 Å². The molecule has 0 aromatic rings. The highest BCUT2D eigenvalue weighted by Gasteiger charge is 2.43. The predicted molar refractivity (Wildman–Crippen MR) is 55.2 cm³/mol. The number of hydrogen-bond donors (Lipinski definition) is 5. The summed E-state index contributed by atoms with van der Waals surface area (Å²) < 4.78 is 15.3. The first-order valence-electron chi connectivity index (χ1n) is 5.78. The summed E-state index contributed by atoms with van der Waals surface area (Å²) in [5, 5.41) is 46.3. The number of aliphatic hydroxyl groups is 5. The smallest absolute Gasteiger partial charge is 0.186 e. The van der Waals surface area contributed by atoms with Crippen molar-refractivity contribution in [1.29, 1.82) is 0 Å². The van der Waals surface area contributed by atoms with Crippen molar-refractivity contribution in [2.75, 3.05) is 13.2 Å². The van der Waals surface area contributed by atoms with Crippen molar-refractivity contribution in [3.05, 3.63) is 0 Å². The van der Waals surface area contributed by atoms with E-state index in [4.69, 9.17) is 24.4 Å². The van der Waals surface area contributed by atoms with Crippen LogP contribution in [0.15, 0.2) is 0 Å². The second-order valence-corrected chi connectivity index (χ2v) is 4.49. The molecule has 0 radical (unpaired) electrons. The van der Waals surface area contributed by atoms with E-state index >= 15 is 0 Å². The lowest BCUT2D eigenvalue weighted by atomic mass is 10.1. The molecule has 5 N–H and O–H groups in total. The Morgan fingerprint density at radius 2 is 1.78 bits per heavy atom. The van der Waals surface area contributed by atoms with Gasteiger partial charge in [-0.25, -0.2) is 0 Å². The fraction of sp³-hybridized carbons (Fsp3) is 1.00. The van der Waals surface area contributed by atoms with Crippen molar-refractivity contribution < 1.29 is 39.7 Å². The third-order valence-electron chi connectivity index (χ3n) is 3.11. The molecule has 8 heteroatoms. The van der Waals surface area contributed by atoms with Gasteiger partial charge in [0.05, 0.1) is 19.3 Å². The average molecular weight is 266 g/mol. The number of hydrogen-bond acceptors (Lipinski definition) is 8. The minimum Gasteiger partial charge on any atom is -0.394 e. The maximum Gasteiger partial charge on any atom is 0.186 e. The lowest BCUT2D eigenvalue weighted by molar-refractivity contribution is -0.195. The summed E-state index contributed by atoms with van der Waals surface area (Å²) in [6.45, 7) is -0.420. The molecule has 8 nitrogen and oxygen atoms in total. The fourth-order valence-corrected chi connectivity index (χ4v) is 2.04. The van der Waals surface area contributed by atoms with Crippen molar-refractivity contribution in [3.8, 4) is 0 Å². The predicted octanol–water partition coefficient (Wildman–Crippen LogP) is -3.09. The number of ether oxygens (including phenoxy) is 3. The summed E-state index contributed by atoms with van der Waals surface area (Å²) in [4.78, 5) is 0. The van der Waals surface area contributed by atoms with E-state index in [0.717, 1.165) is 0 Å². The Balaban J connectivity index is 1.77. The largest absolute Gasteiger partial charge is 0.394 e. The van der Waals surface area contributed by atoms with Gasteiger partial charge in [0.1, 0.15) is 24.4 Å². The van der Waals surface area contributed by atoms with E-state index in [9.17, 15) is 15.3 Å². The summed E-state index contributed by atoms with van der Waals surface area (Å²) in [6.07, 6.45) is -6.88. The Kier molecular flexibility index (Phi) is 4.51. The zero-order valence-corrected chi connectivity index (χ0v) is 9.62. The van der Waals surface area contributed by atoms with Crippen LogP contribution in [-0.2, 0) is 14.2 Å². The molecule has 0 aromatic heterocycles. The van der Waals surface area contributed by atoms with Crippen molar-refractivity contribution in [2.24, 2.45) is 0 Å². The Morgan fingerprint density at radius 3 is 2.28 bits per heavy atom. The van der Waals surface area contributed by atoms with Gasteiger partial charge in [-0.2, -0.15) is 0 Å². The molecule has 2 heterocycles. The van der Waals surface area contributed by atoms with Gasteiger partial charge in [0.2, 0.25) is 0 Å². The quantitative estimate of drug-likeness (QED) is 0.362. The van der Waals surface area contributed by atoms with Crippen molar-refractivity contribution >= 4 is 0 Å². The molecular formula is C10H18O8. The summed E-state index contributed by atoms with van der Waals surface area (Å²) in [7, 11) is 0. The first-order chi connectivity index (χ1) is 8.52. The van der Waals surface area contributed by atoms with Crippen molar-refractivity contribution in [2.45, 2.75) is 49.5 Å². The number of rotatable bonds is 4. The maximum absolute atomic E-state index is 9.59. The molecule has 7 atom stereocenters. The molecule has 2 fully saturated rings. The second kappa shape index (κ2) is 5.76. The molecule has 2 aliphatic heterocycles. The summed E-state index contributed by atoms with van der Waals surface area (Å²) >= 11 is 0.